The second-order valence-electron chi connectivity index (χ2n) is 4.13. The average Bonchev–Trinajstić information content (AvgIpc) is 2.28. The normalized spacial score (nSPS) is 24.3. The van der Waals surface area contributed by atoms with Crippen LogP contribution in [0.1, 0.15) is 11.6 Å². The molecule has 1 aromatic rings. The van der Waals surface area contributed by atoms with Gasteiger partial charge in [-0.2, -0.15) is 0 Å². The Bertz CT molecular complexity index is 361. The van der Waals surface area contributed by atoms with E-state index in [0.717, 1.165) is 13.1 Å². The molecule has 0 aromatic carbocycles. The van der Waals surface area contributed by atoms with E-state index in [1.807, 2.05) is 7.05 Å². The van der Waals surface area contributed by atoms with Gasteiger partial charge < -0.3 is 15.4 Å². The fraction of sp³-hybridized carbons (Fsp3) is 0.545. The van der Waals surface area contributed by atoms with E-state index in [9.17, 15) is 4.39 Å². The van der Waals surface area contributed by atoms with Crippen molar-refractivity contribution in [3.05, 3.63) is 29.8 Å². The van der Waals surface area contributed by atoms with Gasteiger partial charge in [-0.1, -0.05) is 0 Å². The molecular formula is C11H16FN3O. The minimum absolute atomic E-state index is 0.0950. The van der Waals surface area contributed by atoms with Crippen LogP contribution in [-0.4, -0.2) is 42.7 Å². The van der Waals surface area contributed by atoms with Crippen molar-refractivity contribution in [2.45, 2.75) is 12.1 Å². The van der Waals surface area contributed by atoms with Gasteiger partial charge in [0.1, 0.15) is 5.82 Å². The number of nitrogens with zero attached hydrogens (tertiary/aromatic N) is 2. The first kappa shape index (κ1) is 11.4. The molecule has 0 amide bonds. The molecule has 0 radical (unpaired) electrons. The zero-order chi connectivity index (χ0) is 11.5. The summed E-state index contributed by atoms with van der Waals surface area (Å²) in [5.41, 5.74) is 6.72. The van der Waals surface area contributed by atoms with Gasteiger partial charge in [-0.25, -0.2) is 4.39 Å². The third-order valence-electron chi connectivity index (χ3n) is 2.81. The second-order valence-corrected chi connectivity index (χ2v) is 4.13. The molecule has 0 spiro atoms. The first-order valence-corrected chi connectivity index (χ1v) is 5.33. The molecule has 88 valence electrons. The standard InChI is InChI=1S/C11H16FN3O/c1-15-2-3-16-10(7-15)11(13)8-4-9(12)6-14-5-8/h4-6,10-11H,2-3,7,13H2,1H3. The summed E-state index contributed by atoms with van der Waals surface area (Å²) >= 11 is 0. The van der Waals surface area contributed by atoms with Crippen molar-refractivity contribution in [2.24, 2.45) is 5.73 Å². The summed E-state index contributed by atoms with van der Waals surface area (Å²) in [7, 11) is 2.02. The topological polar surface area (TPSA) is 51.4 Å². The lowest BCUT2D eigenvalue weighted by Gasteiger charge is -2.33. The van der Waals surface area contributed by atoms with Crippen LogP contribution in [0.25, 0.3) is 0 Å². The molecule has 1 saturated heterocycles. The number of hydrogen-bond donors (Lipinski definition) is 1. The fourth-order valence-electron chi connectivity index (χ4n) is 1.85. The average molecular weight is 225 g/mol. The third-order valence-corrected chi connectivity index (χ3v) is 2.81. The lowest BCUT2D eigenvalue weighted by atomic mass is 10.0. The summed E-state index contributed by atoms with van der Waals surface area (Å²) in [6.45, 7) is 2.33. The van der Waals surface area contributed by atoms with E-state index < -0.39 is 0 Å². The summed E-state index contributed by atoms with van der Waals surface area (Å²) in [4.78, 5) is 5.95. The highest BCUT2D eigenvalue weighted by Gasteiger charge is 2.25. The van der Waals surface area contributed by atoms with Crippen LogP contribution in [-0.2, 0) is 4.74 Å². The minimum atomic E-state index is -0.364. The molecule has 16 heavy (non-hydrogen) atoms. The summed E-state index contributed by atoms with van der Waals surface area (Å²) in [6.07, 6.45) is 2.66. The van der Waals surface area contributed by atoms with Gasteiger partial charge in [0.2, 0.25) is 0 Å². The summed E-state index contributed by atoms with van der Waals surface area (Å²) in [5.74, 6) is -0.364. The number of halogens is 1. The van der Waals surface area contributed by atoms with Gasteiger partial charge in [0.15, 0.2) is 0 Å². The third kappa shape index (κ3) is 2.55. The predicted octanol–water partition coefficient (Wildman–Crippen LogP) is 0.551. The monoisotopic (exact) mass is 225 g/mol. The van der Waals surface area contributed by atoms with E-state index in [2.05, 4.69) is 9.88 Å². The van der Waals surface area contributed by atoms with E-state index in [0.29, 0.717) is 12.2 Å². The van der Waals surface area contributed by atoms with Crippen molar-refractivity contribution < 1.29 is 9.13 Å². The molecule has 5 heteroatoms. The van der Waals surface area contributed by atoms with E-state index >= 15 is 0 Å². The molecule has 2 N–H and O–H groups in total. The molecule has 1 aliphatic heterocycles. The van der Waals surface area contributed by atoms with Crippen LogP contribution in [0.5, 0.6) is 0 Å². The highest BCUT2D eigenvalue weighted by molar-refractivity contribution is 5.16. The minimum Gasteiger partial charge on any atom is -0.374 e. The number of hydrogen-bond acceptors (Lipinski definition) is 4. The second kappa shape index (κ2) is 4.86. The maximum Gasteiger partial charge on any atom is 0.141 e. The van der Waals surface area contributed by atoms with Crippen LogP contribution in [0.3, 0.4) is 0 Å². The number of pyridine rings is 1. The van der Waals surface area contributed by atoms with Gasteiger partial charge in [-0.3, -0.25) is 4.98 Å². The van der Waals surface area contributed by atoms with Crippen molar-refractivity contribution in [3.63, 3.8) is 0 Å². The van der Waals surface area contributed by atoms with Gasteiger partial charge in [-0.05, 0) is 18.7 Å². The van der Waals surface area contributed by atoms with E-state index in [-0.39, 0.29) is 18.0 Å². The maximum absolute atomic E-state index is 13.0. The Morgan fingerprint density at radius 2 is 2.44 bits per heavy atom. The number of aromatic nitrogens is 1. The van der Waals surface area contributed by atoms with Crippen molar-refractivity contribution >= 4 is 0 Å². The highest BCUT2D eigenvalue weighted by Crippen LogP contribution is 2.19. The lowest BCUT2D eigenvalue weighted by Crippen LogP contribution is -2.45. The summed E-state index contributed by atoms with van der Waals surface area (Å²) in [5, 5.41) is 0. The molecule has 0 bridgehead atoms. The zero-order valence-electron chi connectivity index (χ0n) is 9.27. The quantitative estimate of drug-likeness (QED) is 0.798. The van der Waals surface area contributed by atoms with Gasteiger partial charge >= 0.3 is 0 Å². The molecule has 2 heterocycles. The molecule has 4 nitrogen and oxygen atoms in total. The molecule has 0 saturated carbocycles. The Morgan fingerprint density at radius 3 is 3.12 bits per heavy atom. The Morgan fingerprint density at radius 1 is 1.62 bits per heavy atom. The number of morpholine rings is 1. The smallest absolute Gasteiger partial charge is 0.141 e. The van der Waals surface area contributed by atoms with Gasteiger partial charge in [0, 0.05) is 19.3 Å². The molecule has 1 aromatic heterocycles. The Labute approximate surface area is 94.2 Å². The van der Waals surface area contributed by atoms with Gasteiger partial charge in [0.25, 0.3) is 0 Å². The van der Waals surface area contributed by atoms with Crippen LogP contribution in [0.2, 0.25) is 0 Å². The van der Waals surface area contributed by atoms with Crippen molar-refractivity contribution in [3.8, 4) is 0 Å². The van der Waals surface area contributed by atoms with E-state index in [1.54, 1.807) is 6.20 Å². The van der Waals surface area contributed by atoms with E-state index in [4.69, 9.17) is 10.5 Å². The predicted molar refractivity (Wildman–Crippen MR) is 58.4 cm³/mol. The molecule has 2 atom stereocenters. The number of ether oxygens (including phenoxy) is 1. The van der Waals surface area contributed by atoms with Crippen LogP contribution < -0.4 is 5.73 Å². The van der Waals surface area contributed by atoms with Gasteiger partial charge in [0.05, 0.1) is 24.9 Å². The fourth-order valence-corrected chi connectivity index (χ4v) is 1.85. The molecule has 1 aliphatic rings. The summed E-state index contributed by atoms with van der Waals surface area (Å²) in [6, 6.07) is 1.08. The van der Waals surface area contributed by atoms with Crippen molar-refractivity contribution in [2.75, 3.05) is 26.7 Å². The first-order valence-electron chi connectivity index (χ1n) is 5.33. The van der Waals surface area contributed by atoms with Crippen molar-refractivity contribution in [1.82, 2.24) is 9.88 Å². The summed E-state index contributed by atoms with van der Waals surface area (Å²) < 4.78 is 18.6. The van der Waals surface area contributed by atoms with Crippen LogP contribution in [0.4, 0.5) is 4.39 Å². The van der Waals surface area contributed by atoms with Crippen LogP contribution in [0, 0.1) is 5.82 Å². The number of nitrogens with two attached hydrogens (primary N) is 1. The molecular weight excluding hydrogens is 209 g/mol. The molecule has 2 rings (SSSR count). The van der Waals surface area contributed by atoms with Crippen LogP contribution in [0.15, 0.2) is 18.5 Å². The first-order chi connectivity index (χ1) is 7.66. The number of rotatable bonds is 2. The Balaban J connectivity index is 2.09. The Kier molecular flexibility index (Phi) is 3.48. The highest BCUT2D eigenvalue weighted by atomic mass is 19.1. The lowest BCUT2D eigenvalue weighted by molar-refractivity contribution is -0.0327. The zero-order valence-corrected chi connectivity index (χ0v) is 9.27. The van der Waals surface area contributed by atoms with Crippen LogP contribution >= 0.6 is 0 Å². The number of likely N-dealkylation sites (N-methyl/N-ethyl adjacent to an activating group) is 1. The largest absolute Gasteiger partial charge is 0.374 e. The van der Waals surface area contributed by atoms with E-state index in [1.165, 1.54) is 12.3 Å². The Hall–Kier alpha value is -1.04. The van der Waals surface area contributed by atoms with Crippen molar-refractivity contribution in [1.29, 1.82) is 0 Å². The maximum atomic E-state index is 13.0. The molecule has 1 fully saturated rings. The van der Waals surface area contributed by atoms with Gasteiger partial charge in [-0.15, -0.1) is 0 Å². The molecule has 2 unspecified atom stereocenters. The molecule has 0 aliphatic carbocycles. The SMILES string of the molecule is CN1CCOC(C(N)c2cncc(F)c2)C1.